The SMILES string of the molecule is CC(C)(C)NC(=O)CN1CCN(C(=O)CNc2ccc(Br)cc2)CC1. The lowest BCUT2D eigenvalue weighted by molar-refractivity contribution is -0.131. The van der Waals surface area contributed by atoms with Crippen molar-refractivity contribution in [2.45, 2.75) is 26.3 Å². The molecule has 6 nitrogen and oxygen atoms in total. The van der Waals surface area contributed by atoms with Crippen molar-refractivity contribution >= 4 is 33.4 Å². The number of halogens is 1. The van der Waals surface area contributed by atoms with E-state index >= 15 is 0 Å². The van der Waals surface area contributed by atoms with Crippen molar-refractivity contribution in [1.29, 1.82) is 0 Å². The molecule has 0 unspecified atom stereocenters. The van der Waals surface area contributed by atoms with E-state index in [4.69, 9.17) is 0 Å². The van der Waals surface area contributed by atoms with Crippen LogP contribution in [0.3, 0.4) is 0 Å². The highest BCUT2D eigenvalue weighted by Crippen LogP contribution is 2.14. The molecule has 1 aliphatic heterocycles. The van der Waals surface area contributed by atoms with Crippen LogP contribution in [-0.2, 0) is 9.59 Å². The van der Waals surface area contributed by atoms with E-state index < -0.39 is 0 Å². The number of benzene rings is 1. The van der Waals surface area contributed by atoms with Gasteiger partial charge in [-0.1, -0.05) is 15.9 Å². The third-order valence-electron chi connectivity index (χ3n) is 3.89. The van der Waals surface area contributed by atoms with Crippen molar-refractivity contribution in [2.75, 3.05) is 44.6 Å². The van der Waals surface area contributed by atoms with Gasteiger partial charge in [-0.05, 0) is 45.0 Å². The third-order valence-corrected chi connectivity index (χ3v) is 4.42. The number of carbonyl (C=O) groups excluding carboxylic acids is 2. The number of carbonyl (C=O) groups is 2. The van der Waals surface area contributed by atoms with Crippen molar-refractivity contribution in [3.8, 4) is 0 Å². The van der Waals surface area contributed by atoms with E-state index in [0.29, 0.717) is 19.6 Å². The molecule has 2 amide bonds. The molecule has 1 fully saturated rings. The lowest BCUT2D eigenvalue weighted by Gasteiger charge is -2.35. The summed E-state index contributed by atoms with van der Waals surface area (Å²) in [5, 5.41) is 6.12. The Bertz CT molecular complexity index is 590. The normalized spacial score (nSPS) is 15.8. The van der Waals surface area contributed by atoms with Crippen LogP contribution in [0, 0.1) is 0 Å². The largest absolute Gasteiger partial charge is 0.376 e. The average molecular weight is 411 g/mol. The first-order valence-corrected chi connectivity index (χ1v) is 9.33. The Labute approximate surface area is 158 Å². The fourth-order valence-electron chi connectivity index (χ4n) is 2.67. The molecule has 1 heterocycles. The van der Waals surface area contributed by atoms with Gasteiger partial charge in [0.05, 0.1) is 13.1 Å². The monoisotopic (exact) mass is 410 g/mol. The molecule has 0 bridgehead atoms. The van der Waals surface area contributed by atoms with Gasteiger partial charge in [-0.15, -0.1) is 0 Å². The summed E-state index contributed by atoms with van der Waals surface area (Å²) in [4.78, 5) is 28.2. The fraction of sp³-hybridized carbons (Fsp3) is 0.556. The highest BCUT2D eigenvalue weighted by Gasteiger charge is 2.23. The number of anilines is 1. The Morgan fingerprint density at radius 1 is 1.08 bits per heavy atom. The fourth-order valence-corrected chi connectivity index (χ4v) is 2.94. The first-order chi connectivity index (χ1) is 11.7. The van der Waals surface area contributed by atoms with Crippen LogP contribution in [0.5, 0.6) is 0 Å². The maximum Gasteiger partial charge on any atom is 0.241 e. The summed E-state index contributed by atoms with van der Waals surface area (Å²) in [5.41, 5.74) is 0.710. The van der Waals surface area contributed by atoms with E-state index in [2.05, 4.69) is 31.5 Å². The number of rotatable bonds is 5. The molecule has 138 valence electrons. The zero-order valence-electron chi connectivity index (χ0n) is 15.1. The van der Waals surface area contributed by atoms with Crippen molar-refractivity contribution in [3.05, 3.63) is 28.7 Å². The average Bonchev–Trinajstić information content (AvgIpc) is 2.53. The smallest absolute Gasteiger partial charge is 0.241 e. The van der Waals surface area contributed by atoms with E-state index in [0.717, 1.165) is 23.2 Å². The van der Waals surface area contributed by atoms with Gasteiger partial charge < -0.3 is 15.5 Å². The summed E-state index contributed by atoms with van der Waals surface area (Å²) in [5.74, 6) is 0.117. The molecular formula is C18H27BrN4O2. The molecule has 2 rings (SSSR count). The molecule has 1 saturated heterocycles. The standard InChI is InChI=1S/C18H27BrN4O2/c1-18(2,3)21-16(24)13-22-8-10-23(11-9-22)17(25)12-20-15-6-4-14(19)5-7-15/h4-7,20H,8-13H2,1-3H3,(H,21,24). The Morgan fingerprint density at radius 3 is 2.24 bits per heavy atom. The minimum Gasteiger partial charge on any atom is -0.376 e. The highest BCUT2D eigenvalue weighted by molar-refractivity contribution is 9.10. The number of nitrogens with zero attached hydrogens (tertiary/aromatic N) is 2. The Morgan fingerprint density at radius 2 is 1.68 bits per heavy atom. The Hall–Kier alpha value is -1.60. The second-order valence-corrected chi connectivity index (χ2v) is 8.23. The van der Waals surface area contributed by atoms with Gasteiger partial charge >= 0.3 is 0 Å². The molecule has 0 aromatic heterocycles. The van der Waals surface area contributed by atoms with E-state index in [-0.39, 0.29) is 23.9 Å². The molecule has 7 heteroatoms. The third kappa shape index (κ3) is 7.04. The first-order valence-electron chi connectivity index (χ1n) is 8.53. The second-order valence-electron chi connectivity index (χ2n) is 7.32. The molecule has 2 N–H and O–H groups in total. The maximum absolute atomic E-state index is 12.3. The zero-order chi connectivity index (χ0) is 18.4. The highest BCUT2D eigenvalue weighted by atomic mass is 79.9. The van der Waals surface area contributed by atoms with Crippen LogP contribution >= 0.6 is 15.9 Å². The van der Waals surface area contributed by atoms with Crippen molar-refractivity contribution < 1.29 is 9.59 Å². The number of amides is 2. The number of piperazine rings is 1. The summed E-state index contributed by atoms with van der Waals surface area (Å²) in [6.07, 6.45) is 0. The molecule has 1 aliphatic rings. The second kappa shape index (κ2) is 8.67. The van der Waals surface area contributed by atoms with Crippen molar-refractivity contribution in [3.63, 3.8) is 0 Å². The van der Waals surface area contributed by atoms with Crippen LogP contribution in [0.15, 0.2) is 28.7 Å². The van der Waals surface area contributed by atoms with E-state index in [1.54, 1.807) is 0 Å². The summed E-state index contributed by atoms with van der Waals surface area (Å²) < 4.78 is 1.01. The molecule has 0 atom stereocenters. The Balaban J connectivity index is 1.71. The number of hydrogen-bond donors (Lipinski definition) is 2. The number of nitrogens with one attached hydrogen (secondary N) is 2. The van der Waals surface area contributed by atoms with Gasteiger partial charge in [0.2, 0.25) is 11.8 Å². The van der Waals surface area contributed by atoms with Crippen LogP contribution in [-0.4, -0.2) is 66.4 Å². The summed E-state index contributed by atoms with van der Waals surface area (Å²) >= 11 is 3.39. The van der Waals surface area contributed by atoms with E-state index in [1.807, 2.05) is 49.9 Å². The molecule has 0 saturated carbocycles. The van der Waals surface area contributed by atoms with Crippen LogP contribution in [0.4, 0.5) is 5.69 Å². The summed E-state index contributed by atoms with van der Waals surface area (Å²) in [7, 11) is 0. The molecule has 0 spiro atoms. The quantitative estimate of drug-likeness (QED) is 0.777. The molecule has 1 aromatic rings. The van der Waals surface area contributed by atoms with Gasteiger partial charge in [0.25, 0.3) is 0 Å². The Kier molecular flexibility index (Phi) is 6.84. The van der Waals surface area contributed by atoms with Crippen molar-refractivity contribution in [1.82, 2.24) is 15.1 Å². The lowest BCUT2D eigenvalue weighted by atomic mass is 10.1. The van der Waals surface area contributed by atoms with Crippen LogP contribution in [0.2, 0.25) is 0 Å². The molecule has 1 aromatic carbocycles. The summed E-state index contributed by atoms with van der Waals surface area (Å²) in [6.45, 7) is 9.35. The zero-order valence-corrected chi connectivity index (χ0v) is 16.7. The lowest BCUT2D eigenvalue weighted by Crippen LogP contribution is -2.53. The first kappa shape index (κ1) is 19.7. The van der Waals surface area contributed by atoms with E-state index in [9.17, 15) is 9.59 Å². The molecule has 25 heavy (non-hydrogen) atoms. The van der Waals surface area contributed by atoms with Gasteiger partial charge in [0.1, 0.15) is 0 Å². The number of hydrogen-bond acceptors (Lipinski definition) is 4. The topological polar surface area (TPSA) is 64.7 Å². The van der Waals surface area contributed by atoms with Crippen LogP contribution in [0.25, 0.3) is 0 Å². The predicted molar refractivity (Wildman–Crippen MR) is 104 cm³/mol. The summed E-state index contributed by atoms with van der Waals surface area (Å²) in [6, 6.07) is 7.74. The molecular weight excluding hydrogens is 384 g/mol. The van der Waals surface area contributed by atoms with Gasteiger partial charge in [-0.2, -0.15) is 0 Å². The van der Waals surface area contributed by atoms with Crippen LogP contribution in [0.1, 0.15) is 20.8 Å². The van der Waals surface area contributed by atoms with Gasteiger partial charge in [-0.25, -0.2) is 0 Å². The van der Waals surface area contributed by atoms with Crippen LogP contribution < -0.4 is 10.6 Å². The molecule has 0 aliphatic carbocycles. The molecule has 0 radical (unpaired) electrons. The minimum atomic E-state index is -0.215. The van der Waals surface area contributed by atoms with Gasteiger partial charge in [-0.3, -0.25) is 14.5 Å². The van der Waals surface area contributed by atoms with Gasteiger partial charge in [0, 0.05) is 41.9 Å². The van der Waals surface area contributed by atoms with E-state index in [1.165, 1.54) is 0 Å². The predicted octanol–water partition coefficient (Wildman–Crippen LogP) is 1.92. The minimum absolute atomic E-state index is 0.0316. The van der Waals surface area contributed by atoms with Crippen molar-refractivity contribution in [2.24, 2.45) is 0 Å². The van der Waals surface area contributed by atoms with Gasteiger partial charge in [0.15, 0.2) is 0 Å². The maximum atomic E-state index is 12.3.